The van der Waals surface area contributed by atoms with Gasteiger partial charge in [0, 0.05) is 23.5 Å². The van der Waals surface area contributed by atoms with Gasteiger partial charge in [0.25, 0.3) is 0 Å². The second-order valence-electron chi connectivity index (χ2n) is 6.30. The highest BCUT2D eigenvalue weighted by Gasteiger charge is 2.18. The van der Waals surface area contributed by atoms with E-state index < -0.39 is 0 Å². The molecule has 0 saturated heterocycles. The first-order valence-electron chi connectivity index (χ1n) is 8.96. The van der Waals surface area contributed by atoms with E-state index >= 15 is 0 Å². The fourth-order valence-electron chi connectivity index (χ4n) is 2.69. The normalized spacial score (nSPS) is 11.1. The van der Waals surface area contributed by atoms with Gasteiger partial charge in [-0.25, -0.2) is 9.97 Å². The minimum absolute atomic E-state index is 0.156. The molecule has 0 radical (unpaired) electrons. The lowest BCUT2D eigenvalue weighted by molar-refractivity contribution is 0.102. The predicted molar refractivity (Wildman–Crippen MR) is 123 cm³/mol. The number of thioether (sulfide) groups is 2. The molecule has 0 spiro atoms. The van der Waals surface area contributed by atoms with Crippen molar-refractivity contribution in [3.05, 3.63) is 56.0 Å². The molecule has 0 fully saturated rings. The zero-order valence-electron chi connectivity index (χ0n) is 16.4. The molecule has 6 nitrogen and oxygen atoms in total. The molecule has 2 heterocycles. The fraction of sp³-hybridized carbons (Fsp3) is 0.316. The van der Waals surface area contributed by atoms with Crippen LogP contribution >= 0.6 is 58.3 Å². The first-order chi connectivity index (χ1) is 14.3. The Bertz CT molecular complexity index is 1070. The van der Waals surface area contributed by atoms with Crippen LogP contribution in [0.15, 0.2) is 28.5 Å². The number of rotatable bonds is 8. The molecule has 2 aromatic heterocycles. The Balaban J connectivity index is 1.68. The standard InChI is InChI=1S/C19H18Cl3N5OS2/c1-4-27-15(9-29-18-23-10(2)7-11(3)24-18)25-26-19(27)30-8-14(28)12-5-6-13(20)17(22)16(12)21/h5-7H,4,8-9H2,1-3H3. The molecule has 0 aliphatic carbocycles. The Morgan fingerprint density at radius 3 is 2.40 bits per heavy atom. The molecule has 0 N–H and O–H groups in total. The minimum Gasteiger partial charge on any atom is -0.306 e. The van der Waals surface area contributed by atoms with Gasteiger partial charge in [-0.15, -0.1) is 10.2 Å². The van der Waals surface area contributed by atoms with E-state index in [1.807, 2.05) is 31.4 Å². The van der Waals surface area contributed by atoms with Crippen molar-refractivity contribution in [3.63, 3.8) is 0 Å². The molecule has 0 aliphatic rings. The number of carbonyl (C=O) groups is 1. The van der Waals surface area contributed by atoms with Gasteiger partial charge >= 0.3 is 0 Å². The maximum atomic E-state index is 12.6. The van der Waals surface area contributed by atoms with Crippen molar-refractivity contribution in [1.29, 1.82) is 0 Å². The van der Waals surface area contributed by atoms with Crippen LogP contribution < -0.4 is 0 Å². The second kappa shape index (κ2) is 10.3. The summed E-state index contributed by atoms with van der Waals surface area (Å²) in [5, 5.41) is 10.6. The van der Waals surface area contributed by atoms with Gasteiger partial charge in [0.1, 0.15) is 5.82 Å². The summed E-state index contributed by atoms with van der Waals surface area (Å²) in [5.74, 6) is 1.38. The van der Waals surface area contributed by atoms with E-state index in [0.29, 0.717) is 33.2 Å². The quantitative estimate of drug-likeness (QED) is 0.163. The third-order valence-electron chi connectivity index (χ3n) is 4.07. The molecular weight excluding hydrogens is 485 g/mol. The third kappa shape index (κ3) is 5.48. The molecule has 3 rings (SSSR count). The number of carbonyl (C=O) groups excluding carboxylic acids is 1. The second-order valence-corrected chi connectivity index (χ2v) is 9.35. The van der Waals surface area contributed by atoms with Gasteiger partial charge in [-0.3, -0.25) is 4.79 Å². The van der Waals surface area contributed by atoms with Crippen LogP contribution in [0.1, 0.15) is 34.5 Å². The summed E-state index contributed by atoms with van der Waals surface area (Å²) in [6.45, 7) is 6.57. The molecular formula is C19H18Cl3N5OS2. The van der Waals surface area contributed by atoms with Crippen LogP contribution in [0.2, 0.25) is 15.1 Å². The molecule has 30 heavy (non-hydrogen) atoms. The molecule has 0 amide bonds. The fourth-order valence-corrected chi connectivity index (χ4v) is 5.12. The van der Waals surface area contributed by atoms with Crippen molar-refractivity contribution in [3.8, 4) is 0 Å². The summed E-state index contributed by atoms with van der Waals surface area (Å²) in [6.07, 6.45) is 0. The van der Waals surface area contributed by atoms with Gasteiger partial charge in [-0.2, -0.15) is 0 Å². The number of Topliss-reactive ketones (excluding diaryl/α,β-unsaturated/α-hetero) is 1. The number of hydrogen-bond donors (Lipinski definition) is 0. The Morgan fingerprint density at radius 2 is 1.73 bits per heavy atom. The number of hydrogen-bond acceptors (Lipinski definition) is 7. The van der Waals surface area contributed by atoms with Crippen LogP contribution in [0.3, 0.4) is 0 Å². The number of aryl methyl sites for hydroxylation is 2. The van der Waals surface area contributed by atoms with Gasteiger partial charge in [0.2, 0.25) is 0 Å². The van der Waals surface area contributed by atoms with E-state index in [0.717, 1.165) is 17.2 Å². The molecule has 0 aliphatic heterocycles. The smallest absolute Gasteiger partial charge is 0.191 e. The average Bonchev–Trinajstić information content (AvgIpc) is 3.10. The van der Waals surface area contributed by atoms with E-state index in [1.54, 1.807) is 12.1 Å². The van der Waals surface area contributed by atoms with E-state index in [-0.39, 0.29) is 21.6 Å². The maximum absolute atomic E-state index is 12.6. The van der Waals surface area contributed by atoms with E-state index in [9.17, 15) is 4.79 Å². The van der Waals surface area contributed by atoms with Crippen LogP contribution in [0, 0.1) is 13.8 Å². The molecule has 0 saturated carbocycles. The van der Waals surface area contributed by atoms with Crippen LogP contribution in [0.25, 0.3) is 0 Å². The maximum Gasteiger partial charge on any atom is 0.191 e. The first-order valence-corrected chi connectivity index (χ1v) is 12.1. The van der Waals surface area contributed by atoms with Crippen molar-refractivity contribution in [2.75, 3.05) is 5.75 Å². The molecule has 158 valence electrons. The SMILES string of the molecule is CCn1c(CSc2nc(C)cc(C)n2)nnc1SCC(=O)c1ccc(Cl)c(Cl)c1Cl. The summed E-state index contributed by atoms with van der Waals surface area (Å²) < 4.78 is 1.98. The zero-order valence-corrected chi connectivity index (χ0v) is 20.3. The highest BCUT2D eigenvalue weighted by molar-refractivity contribution is 7.99. The molecule has 3 aromatic rings. The first kappa shape index (κ1) is 23.3. The highest BCUT2D eigenvalue weighted by Crippen LogP contribution is 2.33. The predicted octanol–water partition coefficient (Wildman–Crippen LogP) is 5.93. The van der Waals surface area contributed by atoms with Crippen molar-refractivity contribution in [2.45, 2.75) is 43.4 Å². The lowest BCUT2D eigenvalue weighted by atomic mass is 10.1. The van der Waals surface area contributed by atoms with Crippen LogP contribution in [0.4, 0.5) is 0 Å². The lowest BCUT2D eigenvalue weighted by Gasteiger charge is -2.08. The van der Waals surface area contributed by atoms with Crippen molar-refractivity contribution < 1.29 is 4.79 Å². The van der Waals surface area contributed by atoms with Gasteiger partial charge in [0.05, 0.1) is 26.6 Å². The third-order valence-corrected chi connectivity index (χ3v) is 7.17. The van der Waals surface area contributed by atoms with Gasteiger partial charge in [0.15, 0.2) is 16.1 Å². The number of ketones is 1. The Labute approximate surface area is 198 Å². The minimum atomic E-state index is -0.159. The number of benzene rings is 1. The summed E-state index contributed by atoms with van der Waals surface area (Å²) in [6, 6.07) is 5.08. The lowest BCUT2D eigenvalue weighted by Crippen LogP contribution is -2.07. The Hall–Kier alpha value is -1.32. The van der Waals surface area contributed by atoms with Crippen LogP contribution in [0.5, 0.6) is 0 Å². The van der Waals surface area contributed by atoms with E-state index in [2.05, 4.69) is 20.2 Å². The van der Waals surface area contributed by atoms with Crippen LogP contribution in [-0.4, -0.2) is 36.3 Å². The molecule has 1 aromatic carbocycles. The molecule has 0 atom stereocenters. The summed E-state index contributed by atoms with van der Waals surface area (Å²) >= 11 is 20.9. The average molecular weight is 503 g/mol. The highest BCUT2D eigenvalue weighted by atomic mass is 35.5. The monoisotopic (exact) mass is 501 g/mol. The van der Waals surface area contributed by atoms with Crippen molar-refractivity contribution >= 4 is 64.1 Å². The molecule has 11 heteroatoms. The zero-order chi connectivity index (χ0) is 21.8. The topological polar surface area (TPSA) is 73.6 Å². The Kier molecular flexibility index (Phi) is 8.04. The number of aromatic nitrogens is 5. The summed E-state index contributed by atoms with van der Waals surface area (Å²) in [4.78, 5) is 21.5. The molecule has 0 unspecified atom stereocenters. The largest absolute Gasteiger partial charge is 0.306 e. The van der Waals surface area contributed by atoms with Crippen molar-refractivity contribution in [2.24, 2.45) is 0 Å². The van der Waals surface area contributed by atoms with Crippen molar-refractivity contribution in [1.82, 2.24) is 24.7 Å². The van der Waals surface area contributed by atoms with Gasteiger partial charge in [-0.05, 0) is 39.0 Å². The van der Waals surface area contributed by atoms with E-state index in [1.165, 1.54) is 23.5 Å². The molecule has 0 bridgehead atoms. The number of halogens is 3. The van der Waals surface area contributed by atoms with Crippen LogP contribution in [-0.2, 0) is 12.3 Å². The summed E-state index contributed by atoms with van der Waals surface area (Å²) in [7, 11) is 0. The van der Waals surface area contributed by atoms with Gasteiger partial charge in [-0.1, -0.05) is 58.3 Å². The Morgan fingerprint density at radius 1 is 1.03 bits per heavy atom. The summed E-state index contributed by atoms with van der Waals surface area (Å²) in [5.41, 5.74) is 2.19. The van der Waals surface area contributed by atoms with E-state index in [4.69, 9.17) is 34.8 Å². The number of nitrogens with zero attached hydrogens (tertiary/aromatic N) is 5. The van der Waals surface area contributed by atoms with Gasteiger partial charge < -0.3 is 4.57 Å².